The van der Waals surface area contributed by atoms with Gasteiger partial charge in [-0.15, -0.1) is 0 Å². The van der Waals surface area contributed by atoms with E-state index in [2.05, 4.69) is 55.8 Å². The molecule has 0 bridgehead atoms. The summed E-state index contributed by atoms with van der Waals surface area (Å²) in [7, 11) is 0. The summed E-state index contributed by atoms with van der Waals surface area (Å²) < 4.78 is 0. The molecule has 1 heterocycles. The molecule has 4 atom stereocenters. The van der Waals surface area contributed by atoms with Crippen LogP contribution in [0.2, 0.25) is 0 Å². The van der Waals surface area contributed by atoms with Crippen molar-refractivity contribution in [3.05, 3.63) is 35.9 Å². The highest BCUT2D eigenvalue weighted by molar-refractivity contribution is 6.37. The van der Waals surface area contributed by atoms with Crippen molar-refractivity contribution in [3.63, 3.8) is 0 Å². The largest absolute Gasteiger partial charge is 0.363 e. The first kappa shape index (κ1) is 40.0. The molecule has 49 heavy (non-hydrogen) atoms. The van der Waals surface area contributed by atoms with Crippen LogP contribution >= 0.6 is 0 Å². The van der Waals surface area contributed by atoms with Crippen LogP contribution in [0.4, 0.5) is 4.79 Å². The zero-order chi connectivity index (χ0) is 36.4. The molecule has 1 aromatic rings. The second-order valence-electron chi connectivity index (χ2n) is 15.9. The molecule has 10 heteroatoms. The highest BCUT2D eigenvalue weighted by atomic mass is 16.2. The van der Waals surface area contributed by atoms with E-state index in [4.69, 9.17) is 5.73 Å². The number of hydrogen-bond acceptors (Lipinski definition) is 5. The summed E-state index contributed by atoms with van der Waals surface area (Å²) in [5.74, 6) is -1.40. The van der Waals surface area contributed by atoms with Crippen LogP contribution in [0.5, 0.6) is 0 Å². The number of nitrogens with two attached hydrogens (primary N) is 1. The number of benzene rings is 1. The molecule has 0 radical (unpaired) electrons. The Kier molecular flexibility index (Phi) is 14.7. The third-order valence-electron chi connectivity index (χ3n) is 10.6. The third-order valence-corrected chi connectivity index (χ3v) is 10.6. The van der Waals surface area contributed by atoms with E-state index in [1.165, 1.54) is 16.9 Å². The van der Waals surface area contributed by atoms with Gasteiger partial charge in [-0.3, -0.25) is 19.2 Å². The summed E-state index contributed by atoms with van der Waals surface area (Å²) in [5.41, 5.74) is 5.39. The van der Waals surface area contributed by atoms with E-state index >= 15 is 0 Å². The second kappa shape index (κ2) is 18.0. The van der Waals surface area contributed by atoms with Gasteiger partial charge in [-0.25, -0.2) is 4.79 Å². The van der Waals surface area contributed by atoms with Crippen LogP contribution in [0.25, 0.3) is 0 Å². The number of likely N-dealkylation sites (tertiary alicyclic amines) is 1. The molecule has 3 aliphatic rings. The van der Waals surface area contributed by atoms with Crippen LogP contribution in [-0.4, -0.2) is 64.6 Å². The molecule has 1 aromatic carbocycles. The van der Waals surface area contributed by atoms with Crippen molar-refractivity contribution in [2.75, 3.05) is 6.54 Å². The lowest BCUT2D eigenvalue weighted by atomic mass is 9.69. The van der Waals surface area contributed by atoms with Gasteiger partial charge in [0.25, 0.3) is 5.91 Å². The van der Waals surface area contributed by atoms with E-state index in [1.54, 1.807) is 0 Å². The molecule has 2 saturated carbocycles. The number of primary amides is 1. The first-order chi connectivity index (χ1) is 23.1. The predicted molar refractivity (Wildman–Crippen MR) is 194 cm³/mol. The first-order valence-corrected chi connectivity index (χ1v) is 18.7. The molecule has 5 N–H and O–H groups in total. The maximum atomic E-state index is 14.1. The lowest BCUT2D eigenvalue weighted by Gasteiger charge is -2.45. The number of nitrogens with zero attached hydrogens (tertiary/aromatic N) is 1. The molecule has 5 amide bonds. The SMILES string of the molecule is CCC(C)C.CCC(c1ccccc1)C1(NC(=O)NC(C(=O)N2CCC[C@H]2C(=O)NC(CC2CC2)C(=O)C(N)=O)C(C)(C)C)CCCCC1. The van der Waals surface area contributed by atoms with Crippen molar-refractivity contribution >= 4 is 29.5 Å². The van der Waals surface area contributed by atoms with E-state index in [9.17, 15) is 24.0 Å². The van der Waals surface area contributed by atoms with Crippen LogP contribution in [0.3, 0.4) is 0 Å². The van der Waals surface area contributed by atoms with E-state index < -0.39 is 46.7 Å². The fraction of sp³-hybridized carbons (Fsp3) is 0.718. The number of nitrogens with one attached hydrogen (secondary N) is 3. The summed E-state index contributed by atoms with van der Waals surface area (Å²) in [6.45, 7) is 14.8. The predicted octanol–water partition coefficient (Wildman–Crippen LogP) is 5.98. The fourth-order valence-electron chi connectivity index (χ4n) is 7.24. The van der Waals surface area contributed by atoms with Crippen molar-refractivity contribution in [3.8, 4) is 0 Å². The van der Waals surface area contributed by atoms with E-state index in [1.807, 2.05) is 39.0 Å². The zero-order valence-corrected chi connectivity index (χ0v) is 31.1. The Morgan fingerprint density at radius 3 is 2.02 bits per heavy atom. The Morgan fingerprint density at radius 2 is 1.51 bits per heavy atom. The standard InChI is InChI=1S/C34H51N5O5.C5H12/c1-5-24(23-13-8-6-9-14-23)34(18-10-7-11-19-34)38-32(44)37-28(33(2,3)4)31(43)39-20-12-15-26(39)30(42)36-25(21-22-16-17-22)27(40)29(35)41;1-4-5(2)3/h6,8-9,13-14,22,24-26,28H,5,7,10-12,15-21H2,1-4H3,(H2,35,41)(H,36,42)(H2,37,38,44);5H,4H2,1-3H3/t24?,25?,26-,28?;/m0./s1. The number of hydrogen-bond donors (Lipinski definition) is 4. The van der Waals surface area contributed by atoms with Gasteiger partial charge in [-0.05, 0) is 61.3 Å². The van der Waals surface area contributed by atoms with Crippen molar-refractivity contribution < 1.29 is 24.0 Å². The Bertz CT molecular complexity index is 1270. The van der Waals surface area contributed by atoms with E-state index in [0.29, 0.717) is 25.8 Å². The minimum Gasteiger partial charge on any atom is -0.363 e. The number of ketones is 1. The maximum Gasteiger partial charge on any atom is 0.315 e. The van der Waals surface area contributed by atoms with E-state index in [-0.39, 0.29) is 23.8 Å². The molecule has 0 spiro atoms. The van der Waals surface area contributed by atoms with Crippen LogP contribution in [0.15, 0.2) is 30.3 Å². The van der Waals surface area contributed by atoms with Gasteiger partial charge in [0.15, 0.2) is 0 Å². The quantitative estimate of drug-likeness (QED) is 0.189. The van der Waals surface area contributed by atoms with Gasteiger partial charge in [-0.1, -0.05) is 117 Å². The number of carbonyl (C=O) groups is 5. The maximum absolute atomic E-state index is 14.1. The van der Waals surface area contributed by atoms with Gasteiger partial charge in [0.05, 0.1) is 6.04 Å². The summed E-state index contributed by atoms with van der Waals surface area (Å²) in [6, 6.07) is 7.24. The molecule has 10 nitrogen and oxygen atoms in total. The first-order valence-electron chi connectivity index (χ1n) is 18.7. The van der Waals surface area contributed by atoms with Crippen LogP contribution < -0.4 is 21.7 Å². The summed E-state index contributed by atoms with van der Waals surface area (Å²) in [6.07, 6.45) is 10.4. The Balaban J connectivity index is 0.00000121. The number of Topliss-reactive ketones (excluding diaryl/α,β-unsaturated/α-hetero) is 1. The summed E-state index contributed by atoms with van der Waals surface area (Å²) in [4.78, 5) is 67.0. The molecule has 0 aromatic heterocycles. The number of urea groups is 1. The molecule has 3 unspecified atom stereocenters. The van der Waals surface area contributed by atoms with E-state index in [0.717, 1.165) is 57.3 Å². The molecule has 274 valence electrons. The Hall–Kier alpha value is -3.43. The molecular weight excluding hydrogens is 618 g/mol. The van der Waals surface area contributed by atoms with Crippen molar-refractivity contribution in [2.24, 2.45) is 23.0 Å². The average molecular weight is 682 g/mol. The van der Waals surface area contributed by atoms with Crippen molar-refractivity contribution in [1.29, 1.82) is 0 Å². The molecule has 4 rings (SSSR count). The second-order valence-corrected chi connectivity index (χ2v) is 15.9. The molecular formula is C39H63N5O5. The highest BCUT2D eigenvalue weighted by Gasteiger charge is 2.45. The Labute approximate surface area is 294 Å². The average Bonchev–Trinajstić information content (AvgIpc) is 3.74. The minimum absolute atomic E-state index is 0.136. The summed E-state index contributed by atoms with van der Waals surface area (Å²) in [5, 5.41) is 9.10. The van der Waals surface area contributed by atoms with Gasteiger partial charge in [0.2, 0.25) is 17.6 Å². The van der Waals surface area contributed by atoms with Gasteiger partial charge >= 0.3 is 6.03 Å². The summed E-state index contributed by atoms with van der Waals surface area (Å²) >= 11 is 0. The van der Waals surface area contributed by atoms with Crippen molar-refractivity contribution in [1.82, 2.24) is 20.9 Å². The van der Waals surface area contributed by atoms with Crippen LogP contribution in [0, 0.1) is 17.3 Å². The molecule has 3 fully saturated rings. The van der Waals surface area contributed by atoms with Gasteiger partial charge < -0.3 is 26.6 Å². The zero-order valence-electron chi connectivity index (χ0n) is 31.1. The highest BCUT2D eigenvalue weighted by Crippen LogP contribution is 2.42. The normalized spacial score (nSPS) is 20.7. The van der Waals surface area contributed by atoms with Gasteiger partial charge in [0, 0.05) is 18.0 Å². The minimum atomic E-state index is -1.08. The van der Waals surface area contributed by atoms with Crippen LogP contribution in [0.1, 0.15) is 137 Å². The molecule has 1 aliphatic heterocycles. The monoisotopic (exact) mass is 681 g/mol. The fourth-order valence-corrected chi connectivity index (χ4v) is 7.24. The lowest BCUT2D eigenvalue weighted by molar-refractivity contribution is -0.143. The number of rotatable bonds is 13. The smallest absolute Gasteiger partial charge is 0.315 e. The lowest BCUT2D eigenvalue weighted by Crippen LogP contribution is -2.63. The Morgan fingerprint density at radius 1 is 0.898 bits per heavy atom. The molecule has 2 aliphatic carbocycles. The van der Waals surface area contributed by atoms with Crippen LogP contribution in [-0.2, 0) is 19.2 Å². The molecule has 1 saturated heterocycles. The third kappa shape index (κ3) is 11.3. The topological polar surface area (TPSA) is 151 Å². The van der Waals surface area contributed by atoms with Crippen molar-refractivity contribution in [2.45, 2.75) is 155 Å². The number of carbonyl (C=O) groups excluding carboxylic acids is 5. The number of amides is 5. The van der Waals surface area contributed by atoms with Gasteiger partial charge in [-0.2, -0.15) is 0 Å². The van der Waals surface area contributed by atoms with Gasteiger partial charge in [0.1, 0.15) is 12.1 Å².